The van der Waals surface area contributed by atoms with Crippen LogP contribution in [0.2, 0.25) is 0 Å². The number of pyridine rings is 1. The van der Waals surface area contributed by atoms with Gasteiger partial charge >= 0.3 is 0 Å². The summed E-state index contributed by atoms with van der Waals surface area (Å²) in [4.78, 5) is 24.0. The lowest BCUT2D eigenvalue weighted by Gasteiger charge is -2.16. The van der Waals surface area contributed by atoms with E-state index in [0.29, 0.717) is 11.2 Å². The van der Waals surface area contributed by atoms with Gasteiger partial charge in [0.05, 0.1) is 17.5 Å². The summed E-state index contributed by atoms with van der Waals surface area (Å²) in [5.74, 6) is -0.326. The number of fused-ring (bicyclic) bond motifs is 1. The molecule has 2 heterocycles. The number of methoxy groups -OCH3 is 1. The number of rotatable bonds is 8. The molecule has 10 heteroatoms. The zero-order valence-electron chi connectivity index (χ0n) is 17.3. The Bertz CT molecular complexity index is 1120. The van der Waals surface area contributed by atoms with Gasteiger partial charge in [-0.15, -0.1) is 11.8 Å². The molecule has 3 aromatic rings. The third-order valence-electron chi connectivity index (χ3n) is 5.20. The van der Waals surface area contributed by atoms with Crippen LogP contribution in [0.4, 0.5) is 26.0 Å². The largest absolute Gasteiger partial charge is 0.377 e. The molecule has 164 valence electrons. The highest BCUT2D eigenvalue weighted by atomic mass is 32.2. The third kappa shape index (κ3) is 4.64. The van der Waals surface area contributed by atoms with E-state index < -0.39 is 12.2 Å². The summed E-state index contributed by atoms with van der Waals surface area (Å²) < 4.78 is 31.9. The first-order chi connectivity index (χ1) is 14.9. The van der Waals surface area contributed by atoms with E-state index in [-0.39, 0.29) is 29.4 Å². The molecule has 0 bridgehead atoms. The van der Waals surface area contributed by atoms with Crippen LogP contribution in [0.1, 0.15) is 43.7 Å². The Balaban J connectivity index is 1.73. The van der Waals surface area contributed by atoms with E-state index in [1.54, 1.807) is 24.9 Å². The molecule has 31 heavy (non-hydrogen) atoms. The van der Waals surface area contributed by atoms with Gasteiger partial charge in [0.1, 0.15) is 11.3 Å². The van der Waals surface area contributed by atoms with Gasteiger partial charge in [0.2, 0.25) is 5.91 Å². The zero-order chi connectivity index (χ0) is 22.1. The Morgan fingerprint density at radius 2 is 2.03 bits per heavy atom. The van der Waals surface area contributed by atoms with Crippen molar-refractivity contribution in [1.29, 1.82) is 0 Å². The first-order valence-electron chi connectivity index (χ1n) is 9.87. The van der Waals surface area contributed by atoms with Gasteiger partial charge in [-0.3, -0.25) is 4.79 Å². The monoisotopic (exact) mass is 447 g/mol. The molecule has 1 aliphatic rings. The molecule has 3 N–H and O–H groups in total. The van der Waals surface area contributed by atoms with E-state index >= 15 is 0 Å². The number of hydrogen-bond acceptors (Lipinski definition) is 6. The minimum absolute atomic E-state index is 0.0110. The van der Waals surface area contributed by atoms with Crippen molar-refractivity contribution < 1.29 is 18.3 Å². The number of thioether (sulfide) groups is 1. The number of hydrogen-bond donors (Lipinski definition) is 3. The smallest absolute Gasteiger partial charge is 0.295 e. The minimum atomic E-state index is -2.76. The average Bonchev–Trinajstić information content (AvgIpc) is 3.52. The molecule has 0 saturated heterocycles. The van der Waals surface area contributed by atoms with Gasteiger partial charge in [-0.1, -0.05) is 6.07 Å². The zero-order valence-corrected chi connectivity index (χ0v) is 18.1. The number of benzene rings is 1. The number of nitrogens with zero attached hydrogens (tertiary/aromatic N) is 2. The second-order valence-corrected chi connectivity index (χ2v) is 8.25. The van der Waals surface area contributed by atoms with Gasteiger partial charge in [-0.05, 0) is 43.7 Å². The Morgan fingerprint density at radius 3 is 2.68 bits per heavy atom. The van der Waals surface area contributed by atoms with E-state index in [0.717, 1.165) is 29.0 Å². The highest BCUT2D eigenvalue weighted by molar-refractivity contribution is 7.98. The van der Waals surface area contributed by atoms with Gasteiger partial charge in [0, 0.05) is 24.0 Å². The number of carbonyl (C=O) groups is 1. The quantitative estimate of drug-likeness (QED) is 0.400. The number of alkyl halides is 2. The highest BCUT2D eigenvalue weighted by Gasteiger charge is 2.30. The SMILES string of the molecule is COC(C)c1ccc(Nc2cc(NC(=O)C3CC3)nc3nc(C(F)F)[nH]c23)c(SC)c1. The average molecular weight is 448 g/mol. The van der Waals surface area contributed by atoms with Crippen molar-refractivity contribution in [1.82, 2.24) is 15.0 Å². The van der Waals surface area contributed by atoms with Crippen molar-refractivity contribution in [3.8, 4) is 0 Å². The molecule has 0 radical (unpaired) electrons. The number of aromatic amines is 1. The Morgan fingerprint density at radius 1 is 1.26 bits per heavy atom. The number of amides is 1. The van der Waals surface area contributed by atoms with Crippen molar-refractivity contribution in [2.75, 3.05) is 24.0 Å². The topological polar surface area (TPSA) is 91.9 Å². The lowest BCUT2D eigenvalue weighted by atomic mass is 10.1. The molecule has 0 aliphatic heterocycles. The van der Waals surface area contributed by atoms with Crippen molar-refractivity contribution in [2.45, 2.75) is 37.2 Å². The summed E-state index contributed by atoms with van der Waals surface area (Å²) in [5.41, 5.74) is 2.78. The number of carbonyl (C=O) groups excluding carboxylic acids is 1. The molecule has 1 aromatic carbocycles. The molecule has 0 spiro atoms. The molecule has 4 rings (SSSR count). The summed E-state index contributed by atoms with van der Waals surface area (Å²) in [6, 6.07) is 7.51. The van der Waals surface area contributed by atoms with Gasteiger partial charge in [0.15, 0.2) is 11.5 Å². The van der Waals surface area contributed by atoms with Crippen molar-refractivity contribution in [3.63, 3.8) is 0 Å². The molecule has 2 aromatic heterocycles. The first kappa shape index (κ1) is 21.5. The summed E-state index contributed by atoms with van der Waals surface area (Å²) >= 11 is 1.55. The van der Waals surface area contributed by atoms with Gasteiger partial charge in [-0.25, -0.2) is 18.7 Å². The summed E-state index contributed by atoms with van der Waals surface area (Å²) in [6.45, 7) is 1.96. The fourth-order valence-corrected chi connectivity index (χ4v) is 3.78. The van der Waals surface area contributed by atoms with Crippen LogP contribution < -0.4 is 10.6 Å². The molecule has 1 amide bonds. The first-order valence-corrected chi connectivity index (χ1v) is 11.1. The van der Waals surface area contributed by atoms with Crippen LogP contribution in [0.5, 0.6) is 0 Å². The van der Waals surface area contributed by atoms with E-state index in [2.05, 4.69) is 25.6 Å². The van der Waals surface area contributed by atoms with E-state index in [1.807, 2.05) is 31.4 Å². The molecule has 7 nitrogen and oxygen atoms in total. The van der Waals surface area contributed by atoms with E-state index in [9.17, 15) is 13.6 Å². The van der Waals surface area contributed by atoms with Gasteiger partial charge < -0.3 is 20.4 Å². The maximum absolute atomic E-state index is 13.2. The van der Waals surface area contributed by atoms with Gasteiger partial charge in [-0.2, -0.15) is 0 Å². The lowest BCUT2D eigenvalue weighted by Crippen LogP contribution is -2.14. The molecular formula is C21H23F2N5O2S. The maximum Gasteiger partial charge on any atom is 0.295 e. The highest BCUT2D eigenvalue weighted by Crippen LogP contribution is 2.35. The van der Waals surface area contributed by atoms with Crippen LogP contribution >= 0.6 is 11.8 Å². The molecule has 1 saturated carbocycles. The fourth-order valence-electron chi connectivity index (χ4n) is 3.19. The second-order valence-electron chi connectivity index (χ2n) is 7.40. The fraction of sp³-hybridized carbons (Fsp3) is 0.381. The number of ether oxygens (including phenoxy) is 1. The predicted molar refractivity (Wildman–Crippen MR) is 117 cm³/mol. The Kier molecular flexibility index (Phi) is 6.10. The van der Waals surface area contributed by atoms with Crippen LogP contribution in [-0.2, 0) is 9.53 Å². The number of imidazole rings is 1. The standard InChI is InChI=1S/C21H23F2N5O2S/c1-10(30-2)12-6-7-13(15(8-12)31-3)24-14-9-16(26-21(29)11-4-5-11)25-19-17(14)27-20(28-19)18(22)23/h6-11,18H,4-5H2,1-3H3,(H3,24,25,26,27,28,29). The van der Waals surface area contributed by atoms with Crippen molar-refractivity contribution >= 4 is 46.0 Å². The van der Waals surface area contributed by atoms with Crippen molar-refractivity contribution in [3.05, 3.63) is 35.7 Å². The van der Waals surface area contributed by atoms with Crippen LogP contribution in [0.15, 0.2) is 29.2 Å². The number of halogens is 2. The molecular weight excluding hydrogens is 424 g/mol. The number of H-pyrrole nitrogens is 1. The van der Waals surface area contributed by atoms with E-state index in [4.69, 9.17) is 4.74 Å². The number of anilines is 3. The predicted octanol–water partition coefficient (Wildman–Crippen LogP) is 5.42. The number of nitrogens with one attached hydrogen (secondary N) is 3. The van der Waals surface area contributed by atoms with Crippen LogP contribution in [0.3, 0.4) is 0 Å². The summed E-state index contributed by atoms with van der Waals surface area (Å²) in [7, 11) is 1.65. The van der Waals surface area contributed by atoms with Crippen LogP contribution in [0.25, 0.3) is 11.2 Å². The Labute approximate surface area is 182 Å². The lowest BCUT2D eigenvalue weighted by molar-refractivity contribution is -0.117. The molecule has 1 unspecified atom stereocenters. The summed E-state index contributed by atoms with van der Waals surface area (Å²) in [6.07, 6.45) is 0.832. The Hall–Kier alpha value is -2.72. The second kappa shape index (κ2) is 8.80. The van der Waals surface area contributed by atoms with Crippen LogP contribution in [-0.4, -0.2) is 34.2 Å². The van der Waals surface area contributed by atoms with Gasteiger partial charge in [0.25, 0.3) is 6.43 Å². The molecule has 1 aliphatic carbocycles. The number of aromatic nitrogens is 3. The normalized spacial score (nSPS) is 14.8. The van der Waals surface area contributed by atoms with Crippen molar-refractivity contribution in [2.24, 2.45) is 5.92 Å². The molecule has 1 fully saturated rings. The van der Waals surface area contributed by atoms with E-state index in [1.165, 1.54) is 0 Å². The third-order valence-corrected chi connectivity index (χ3v) is 5.98. The minimum Gasteiger partial charge on any atom is -0.377 e. The summed E-state index contributed by atoms with van der Waals surface area (Å²) in [5, 5.41) is 6.06. The maximum atomic E-state index is 13.2. The van der Waals surface area contributed by atoms with Crippen LogP contribution in [0, 0.1) is 5.92 Å². The molecule has 1 atom stereocenters.